The van der Waals surface area contributed by atoms with Gasteiger partial charge in [0.2, 0.25) is 0 Å². The Morgan fingerprint density at radius 3 is 2.88 bits per heavy atom. The summed E-state index contributed by atoms with van der Waals surface area (Å²) in [5, 5.41) is 3.76. The zero-order valence-electron chi connectivity index (χ0n) is 10.5. The quantitative estimate of drug-likeness (QED) is 0.882. The van der Waals surface area contributed by atoms with Crippen molar-refractivity contribution in [3.63, 3.8) is 0 Å². The average molecular weight is 251 g/mol. The molecule has 3 aliphatic rings. The van der Waals surface area contributed by atoms with E-state index in [0.29, 0.717) is 0 Å². The smallest absolute Gasteiger partial charge is 0.0797 e. The topological polar surface area (TPSA) is 28.2 Å². The highest BCUT2D eigenvalue weighted by molar-refractivity contribution is 7.09. The van der Waals surface area contributed by atoms with Crippen molar-refractivity contribution >= 4 is 11.3 Å². The molecule has 4 heteroatoms. The molecule has 1 N–H and O–H groups in total. The van der Waals surface area contributed by atoms with Crippen molar-refractivity contribution in [2.24, 2.45) is 5.92 Å². The summed E-state index contributed by atoms with van der Waals surface area (Å²) in [4.78, 5) is 8.35. The van der Waals surface area contributed by atoms with E-state index in [1.54, 1.807) is 11.3 Å². The highest BCUT2D eigenvalue weighted by Crippen LogP contribution is 2.27. The Kier molecular flexibility index (Phi) is 3.45. The third-order valence-electron chi connectivity index (χ3n) is 4.26. The molecule has 17 heavy (non-hydrogen) atoms. The summed E-state index contributed by atoms with van der Waals surface area (Å²) in [5.74, 6) is 0.933. The van der Waals surface area contributed by atoms with Crippen LogP contribution in [-0.4, -0.2) is 42.1 Å². The van der Waals surface area contributed by atoms with Crippen LogP contribution in [0.3, 0.4) is 0 Å². The van der Waals surface area contributed by atoms with E-state index < -0.39 is 0 Å². The fourth-order valence-corrected chi connectivity index (χ4v) is 3.91. The fourth-order valence-electron chi connectivity index (χ4n) is 3.13. The van der Waals surface area contributed by atoms with Gasteiger partial charge in [0.05, 0.1) is 11.2 Å². The highest BCUT2D eigenvalue weighted by Gasteiger charge is 2.33. The molecule has 3 aliphatic heterocycles. The third-order valence-corrected chi connectivity index (χ3v) is 5.25. The van der Waals surface area contributed by atoms with Crippen molar-refractivity contribution in [3.8, 4) is 0 Å². The lowest BCUT2D eigenvalue weighted by Gasteiger charge is -2.45. The number of thiazole rings is 1. The molecule has 1 aromatic heterocycles. The Bertz CT molecular complexity index is 368. The van der Waals surface area contributed by atoms with E-state index in [1.807, 2.05) is 5.51 Å². The van der Waals surface area contributed by atoms with Gasteiger partial charge in [-0.15, -0.1) is 11.3 Å². The highest BCUT2D eigenvalue weighted by atomic mass is 32.1. The molecule has 4 rings (SSSR count). The lowest BCUT2D eigenvalue weighted by atomic mass is 9.84. The van der Waals surface area contributed by atoms with Gasteiger partial charge in [0, 0.05) is 24.0 Å². The predicted octanol–water partition coefficient (Wildman–Crippen LogP) is 1.68. The number of nitrogens with zero attached hydrogens (tertiary/aromatic N) is 2. The van der Waals surface area contributed by atoms with Crippen LogP contribution in [-0.2, 0) is 6.42 Å². The molecular formula is C13H21N3S. The van der Waals surface area contributed by atoms with Crippen molar-refractivity contribution in [2.75, 3.05) is 26.2 Å². The molecule has 1 atom stereocenters. The molecule has 0 spiro atoms. The molecule has 0 radical (unpaired) electrons. The fraction of sp³-hybridized carbons (Fsp3) is 0.769. The van der Waals surface area contributed by atoms with Gasteiger partial charge in [-0.25, -0.2) is 4.98 Å². The summed E-state index contributed by atoms with van der Waals surface area (Å²) in [6, 6.07) is 0.741. The van der Waals surface area contributed by atoms with Gasteiger partial charge >= 0.3 is 0 Å². The number of hydrogen-bond acceptors (Lipinski definition) is 4. The second kappa shape index (κ2) is 5.04. The van der Waals surface area contributed by atoms with Crippen molar-refractivity contribution in [1.82, 2.24) is 15.2 Å². The number of rotatable bonds is 4. The van der Waals surface area contributed by atoms with Crippen LogP contribution in [0.25, 0.3) is 0 Å². The number of fused-ring (bicyclic) bond motifs is 3. The van der Waals surface area contributed by atoms with E-state index in [1.165, 1.54) is 43.0 Å². The maximum absolute atomic E-state index is 4.30. The molecule has 0 aliphatic carbocycles. The molecule has 1 aromatic rings. The van der Waals surface area contributed by atoms with Crippen LogP contribution >= 0.6 is 11.3 Å². The zero-order chi connectivity index (χ0) is 11.7. The summed E-state index contributed by atoms with van der Waals surface area (Å²) < 4.78 is 0. The minimum Gasteiger partial charge on any atom is -0.312 e. The Hall–Kier alpha value is -0.450. The molecule has 3 nitrogen and oxygen atoms in total. The van der Waals surface area contributed by atoms with Crippen molar-refractivity contribution in [1.29, 1.82) is 0 Å². The monoisotopic (exact) mass is 251 g/mol. The van der Waals surface area contributed by atoms with Gasteiger partial charge in [-0.05, 0) is 45.2 Å². The average Bonchev–Trinajstić information content (AvgIpc) is 2.77. The van der Waals surface area contributed by atoms with Gasteiger partial charge in [0.15, 0.2) is 0 Å². The van der Waals surface area contributed by atoms with Gasteiger partial charge in [0.1, 0.15) is 0 Å². The van der Waals surface area contributed by atoms with Crippen molar-refractivity contribution < 1.29 is 0 Å². The molecule has 94 valence electrons. The van der Waals surface area contributed by atoms with Gasteiger partial charge < -0.3 is 10.2 Å². The van der Waals surface area contributed by atoms with Crippen LogP contribution in [0.1, 0.15) is 23.4 Å². The van der Waals surface area contributed by atoms with Crippen LogP contribution in [0.5, 0.6) is 0 Å². The molecule has 2 bridgehead atoms. The second-order valence-electron chi connectivity index (χ2n) is 5.31. The first-order valence-electron chi connectivity index (χ1n) is 6.67. The maximum atomic E-state index is 4.30. The standard InChI is InChI=1S/C13H21N3S/c1-10-13(17-9-15-10)2-5-14-12-8-16-6-3-11(12)4-7-16/h9,11-12,14H,2-8H2,1H3. The molecule has 0 aromatic carbocycles. The summed E-state index contributed by atoms with van der Waals surface area (Å²) in [5.41, 5.74) is 3.17. The van der Waals surface area contributed by atoms with Gasteiger partial charge in [-0.2, -0.15) is 0 Å². The van der Waals surface area contributed by atoms with Crippen molar-refractivity contribution in [2.45, 2.75) is 32.2 Å². The lowest BCUT2D eigenvalue weighted by molar-refractivity contribution is 0.0731. The number of aromatic nitrogens is 1. The SMILES string of the molecule is Cc1ncsc1CCNC1CN2CCC1CC2. The molecule has 3 fully saturated rings. The first-order chi connectivity index (χ1) is 8.33. The number of nitrogens with one attached hydrogen (secondary N) is 1. The first kappa shape index (κ1) is 11.6. The molecule has 1 unspecified atom stereocenters. The third kappa shape index (κ3) is 2.54. The largest absolute Gasteiger partial charge is 0.312 e. The molecule has 4 heterocycles. The van der Waals surface area contributed by atoms with Crippen LogP contribution in [0.15, 0.2) is 5.51 Å². The molecule has 0 amide bonds. The maximum Gasteiger partial charge on any atom is 0.0797 e. The van der Waals surface area contributed by atoms with E-state index in [2.05, 4.69) is 22.1 Å². The Labute approximate surface area is 107 Å². The van der Waals surface area contributed by atoms with E-state index in [0.717, 1.165) is 24.9 Å². The molecule has 3 saturated heterocycles. The number of piperidine rings is 3. The van der Waals surface area contributed by atoms with E-state index in [-0.39, 0.29) is 0 Å². The minimum atomic E-state index is 0.741. The zero-order valence-corrected chi connectivity index (χ0v) is 11.3. The molecular weight excluding hydrogens is 230 g/mol. The Morgan fingerprint density at radius 2 is 2.29 bits per heavy atom. The first-order valence-corrected chi connectivity index (χ1v) is 7.55. The summed E-state index contributed by atoms with van der Waals surface area (Å²) in [6.07, 6.45) is 3.94. The number of aryl methyl sites for hydroxylation is 1. The van der Waals surface area contributed by atoms with E-state index >= 15 is 0 Å². The molecule has 0 saturated carbocycles. The second-order valence-corrected chi connectivity index (χ2v) is 6.25. The normalized spacial score (nSPS) is 31.9. The van der Waals surface area contributed by atoms with Gasteiger partial charge in [-0.3, -0.25) is 0 Å². The van der Waals surface area contributed by atoms with Gasteiger partial charge in [-0.1, -0.05) is 0 Å². The summed E-state index contributed by atoms with van der Waals surface area (Å²) >= 11 is 1.79. The van der Waals surface area contributed by atoms with Crippen LogP contribution < -0.4 is 5.32 Å². The lowest BCUT2D eigenvalue weighted by Crippen LogP contribution is -2.56. The van der Waals surface area contributed by atoms with E-state index in [4.69, 9.17) is 0 Å². The predicted molar refractivity (Wildman–Crippen MR) is 71.5 cm³/mol. The summed E-state index contributed by atoms with van der Waals surface area (Å²) in [6.45, 7) is 7.15. The van der Waals surface area contributed by atoms with Crippen LogP contribution in [0, 0.1) is 12.8 Å². The Morgan fingerprint density at radius 1 is 1.47 bits per heavy atom. The van der Waals surface area contributed by atoms with Crippen LogP contribution in [0.2, 0.25) is 0 Å². The van der Waals surface area contributed by atoms with E-state index in [9.17, 15) is 0 Å². The van der Waals surface area contributed by atoms with Crippen LogP contribution in [0.4, 0.5) is 0 Å². The minimum absolute atomic E-state index is 0.741. The number of hydrogen-bond donors (Lipinski definition) is 1. The van der Waals surface area contributed by atoms with Gasteiger partial charge in [0.25, 0.3) is 0 Å². The Balaban J connectivity index is 1.47. The summed E-state index contributed by atoms with van der Waals surface area (Å²) in [7, 11) is 0. The van der Waals surface area contributed by atoms with Crippen molar-refractivity contribution in [3.05, 3.63) is 16.1 Å².